The smallest absolute Gasteiger partial charge is 0.408 e. The number of halogens is 1. The Kier molecular flexibility index (Phi) is 7.21. The second-order valence-corrected chi connectivity index (χ2v) is 10.3. The summed E-state index contributed by atoms with van der Waals surface area (Å²) in [6.45, 7) is 2.04. The number of ketones is 1. The van der Waals surface area contributed by atoms with Crippen LogP contribution in [0.1, 0.15) is 28.8 Å². The summed E-state index contributed by atoms with van der Waals surface area (Å²) in [5.41, 5.74) is 2.31. The molecule has 12 nitrogen and oxygen atoms in total. The lowest BCUT2D eigenvalue weighted by Gasteiger charge is -2.20. The van der Waals surface area contributed by atoms with Gasteiger partial charge in [-0.05, 0) is 49.2 Å². The van der Waals surface area contributed by atoms with Crippen LogP contribution in [0.5, 0.6) is 0 Å². The molecule has 0 saturated carbocycles. The second kappa shape index (κ2) is 10.6. The number of benzene rings is 2. The maximum Gasteiger partial charge on any atom is 0.408 e. The molecule has 2 aromatic carbocycles. The second-order valence-electron chi connectivity index (χ2n) is 9.88. The first-order chi connectivity index (χ1) is 19.0. The van der Waals surface area contributed by atoms with E-state index in [1.807, 2.05) is 13.0 Å². The Morgan fingerprint density at radius 3 is 2.62 bits per heavy atom. The van der Waals surface area contributed by atoms with Crippen LogP contribution in [0.15, 0.2) is 42.6 Å². The van der Waals surface area contributed by atoms with Crippen LogP contribution in [0, 0.1) is 6.92 Å². The largest absolute Gasteiger partial charge is 0.465 e. The van der Waals surface area contributed by atoms with E-state index in [9.17, 15) is 34.2 Å². The van der Waals surface area contributed by atoms with Gasteiger partial charge in [0.15, 0.2) is 0 Å². The third kappa shape index (κ3) is 5.10. The third-order valence-electron chi connectivity index (χ3n) is 7.13. The first kappa shape index (κ1) is 27.2. The Bertz CT molecular complexity index is 1550. The van der Waals surface area contributed by atoms with E-state index >= 15 is 0 Å². The number of amides is 4. The van der Waals surface area contributed by atoms with Gasteiger partial charge in [0.2, 0.25) is 11.8 Å². The molecule has 0 spiro atoms. The number of nitrogens with zero attached hydrogens (tertiary/aromatic N) is 2. The minimum atomic E-state index is -1.32. The number of fused-ring (bicyclic) bond motifs is 1. The minimum absolute atomic E-state index is 0.0379. The van der Waals surface area contributed by atoms with Crippen LogP contribution >= 0.6 is 11.6 Å². The van der Waals surface area contributed by atoms with Crippen LogP contribution in [0.2, 0.25) is 5.02 Å². The zero-order valence-corrected chi connectivity index (χ0v) is 22.1. The topological polar surface area (TPSA) is 172 Å². The van der Waals surface area contributed by atoms with Crippen molar-refractivity contribution in [2.24, 2.45) is 0 Å². The highest BCUT2D eigenvalue weighted by Gasteiger charge is 2.39. The van der Waals surface area contributed by atoms with Gasteiger partial charge < -0.3 is 30.7 Å². The van der Waals surface area contributed by atoms with Gasteiger partial charge in [-0.25, -0.2) is 4.79 Å². The van der Waals surface area contributed by atoms with Crippen LogP contribution in [0.25, 0.3) is 10.9 Å². The van der Waals surface area contributed by atoms with Crippen molar-refractivity contribution in [2.45, 2.75) is 38.0 Å². The Morgan fingerprint density at radius 2 is 1.90 bits per heavy atom. The summed E-state index contributed by atoms with van der Waals surface area (Å²) in [6.07, 6.45) is -0.638. The third-order valence-corrected chi connectivity index (χ3v) is 7.44. The first-order valence-electron chi connectivity index (χ1n) is 12.6. The van der Waals surface area contributed by atoms with Crippen molar-refractivity contribution >= 4 is 63.5 Å². The monoisotopic (exact) mass is 567 g/mol. The lowest BCUT2D eigenvalue weighted by atomic mass is 10.1. The van der Waals surface area contributed by atoms with E-state index in [4.69, 9.17) is 11.6 Å². The van der Waals surface area contributed by atoms with Crippen LogP contribution in [-0.4, -0.2) is 81.0 Å². The number of carbonyl (C=O) groups is 5. The van der Waals surface area contributed by atoms with Crippen LogP contribution < -0.4 is 15.5 Å². The Hall–Kier alpha value is -4.42. The molecule has 2 fully saturated rings. The number of aromatic amines is 1. The van der Waals surface area contributed by atoms with Crippen LogP contribution in [0.4, 0.5) is 16.2 Å². The Balaban J connectivity index is 1.28. The molecule has 13 heteroatoms. The van der Waals surface area contributed by atoms with Gasteiger partial charge in [-0.3, -0.25) is 24.1 Å². The zero-order valence-electron chi connectivity index (χ0n) is 21.3. The van der Waals surface area contributed by atoms with Gasteiger partial charge in [-0.1, -0.05) is 17.7 Å². The number of hydrogen-bond acceptors (Lipinski definition) is 6. The molecule has 2 aliphatic heterocycles. The van der Waals surface area contributed by atoms with E-state index < -0.39 is 41.9 Å². The lowest BCUT2D eigenvalue weighted by molar-refractivity contribution is -0.124. The van der Waals surface area contributed by atoms with Gasteiger partial charge in [-0.15, -0.1) is 0 Å². The molecule has 5 N–H and O–H groups in total. The summed E-state index contributed by atoms with van der Waals surface area (Å²) in [4.78, 5) is 68.4. The molecule has 0 radical (unpaired) electrons. The van der Waals surface area contributed by atoms with Crippen molar-refractivity contribution in [1.82, 2.24) is 15.2 Å². The summed E-state index contributed by atoms with van der Waals surface area (Å²) in [7, 11) is 0. The van der Waals surface area contributed by atoms with Crippen molar-refractivity contribution in [3.8, 4) is 0 Å². The summed E-state index contributed by atoms with van der Waals surface area (Å²) in [5.74, 6) is -2.83. The number of aryl methyl sites for hydroxylation is 1. The number of Topliss-reactive ketones (excluding diaryl/α,β-unsaturated/α-hetero) is 1. The molecule has 2 aliphatic rings. The molecule has 2 unspecified atom stereocenters. The maximum atomic E-state index is 13.1. The van der Waals surface area contributed by atoms with E-state index in [0.717, 1.165) is 10.5 Å². The molecule has 3 heterocycles. The first-order valence-corrected chi connectivity index (χ1v) is 12.9. The highest BCUT2D eigenvalue weighted by atomic mass is 35.5. The minimum Gasteiger partial charge on any atom is -0.465 e. The van der Waals surface area contributed by atoms with Gasteiger partial charge in [-0.2, -0.15) is 0 Å². The molecular formula is C27H26ClN5O7. The number of aliphatic hydroxyl groups excluding tert-OH is 1. The molecule has 0 bridgehead atoms. The Morgan fingerprint density at radius 1 is 1.12 bits per heavy atom. The number of hydrogen-bond donors (Lipinski definition) is 5. The standard InChI is InChI=1S/C27H26ClN5O7/c1-13-2-5-21(18(28)8-13)32-7-6-20(26(32)38)31-25(37)23(35)17-11-29-19-4-3-14(9-16(17)19)30-24(36)22-10-15(34)12-33(22)27(39)40/h2-5,8-9,11,15,20,22,29,34H,6-7,10,12H2,1H3,(H,30,36)(H,31,37)(H,39,40)/t15?,20?,22-/m1/s1. The number of β-amino-alcohol motifs (C(OH)–C–C–N with tert-alkyl or cyclic N) is 1. The van der Waals surface area contributed by atoms with E-state index in [0.29, 0.717) is 34.6 Å². The molecule has 2 saturated heterocycles. The van der Waals surface area contributed by atoms with E-state index in [1.54, 1.807) is 24.3 Å². The number of anilines is 2. The molecule has 3 aromatic rings. The summed E-state index contributed by atoms with van der Waals surface area (Å²) in [6, 6.07) is 7.99. The fraction of sp³-hybridized carbons (Fsp3) is 0.296. The molecule has 0 aliphatic carbocycles. The zero-order chi connectivity index (χ0) is 28.7. The van der Waals surface area contributed by atoms with Gasteiger partial charge in [0.25, 0.3) is 11.7 Å². The number of carbonyl (C=O) groups excluding carboxylic acids is 4. The molecule has 5 rings (SSSR count). The highest BCUT2D eigenvalue weighted by molar-refractivity contribution is 6.45. The molecular weight excluding hydrogens is 542 g/mol. The summed E-state index contributed by atoms with van der Waals surface area (Å²) >= 11 is 6.31. The Labute approximate surface area is 232 Å². The molecule has 1 aromatic heterocycles. The number of rotatable bonds is 6. The van der Waals surface area contributed by atoms with Gasteiger partial charge >= 0.3 is 6.09 Å². The summed E-state index contributed by atoms with van der Waals surface area (Å²) < 4.78 is 0. The normalized spacial score (nSPS) is 20.7. The predicted molar refractivity (Wildman–Crippen MR) is 145 cm³/mol. The molecule has 40 heavy (non-hydrogen) atoms. The fourth-order valence-corrected chi connectivity index (χ4v) is 5.45. The van der Waals surface area contributed by atoms with E-state index in [-0.39, 0.29) is 30.1 Å². The SMILES string of the molecule is Cc1ccc(N2CCC(NC(=O)C(=O)c3c[nH]c4ccc(NC(=O)[C@H]5CC(O)CN5C(=O)O)cc34)C2=O)c(Cl)c1. The van der Waals surface area contributed by atoms with Crippen LogP contribution in [0.3, 0.4) is 0 Å². The number of H-pyrrole nitrogens is 1. The van der Waals surface area contributed by atoms with Crippen molar-refractivity contribution < 1.29 is 34.2 Å². The van der Waals surface area contributed by atoms with Crippen molar-refractivity contribution in [3.05, 3.63) is 58.7 Å². The molecule has 208 valence electrons. The van der Waals surface area contributed by atoms with Gasteiger partial charge in [0.1, 0.15) is 12.1 Å². The number of likely N-dealkylation sites (tertiary alicyclic amines) is 1. The molecule has 3 atom stereocenters. The number of nitrogens with one attached hydrogen (secondary N) is 3. The lowest BCUT2D eigenvalue weighted by Crippen LogP contribution is -2.44. The average molecular weight is 568 g/mol. The number of carboxylic acid groups (broad SMARTS) is 1. The predicted octanol–water partition coefficient (Wildman–Crippen LogP) is 2.29. The molecule has 4 amide bonds. The van der Waals surface area contributed by atoms with Gasteiger partial charge in [0, 0.05) is 35.8 Å². The number of aromatic nitrogens is 1. The maximum absolute atomic E-state index is 13.1. The van der Waals surface area contributed by atoms with E-state index in [2.05, 4.69) is 15.6 Å². The van der Waals surface area contributed by atoms with Gasteiger partial charge in [0.05, 0.1) is 28.9 Å². The van der Waals surface area contributed by atoms with E-state index in [1.165, 1.54) is 17.2 Å². The average Bonchev–Trinajstić information content (AvgIpc) is 3.61. The highest BCUT2D eigenvalue weighted by Crippen LogP contribution is 2.30. The van der Waals surface area contributed by atoms with Crippen molar-refractivity contribution in [2.75, 3.05) is 23.3 Å². The summed E-state index contributed by atoms with van der Waals surface area (Å²) in [5, 5.41) is 25.0. The fourth-order valence-electron chi connectivity index (χ4n) is 5.12. The van der Waals surface area contributed by atoms with Crippen molar-refractivity contribution in [3.63, 3.8) is 0 Å². The quantitative estimate of drug-likeness (QED) is 0.224. The van der Waals surface area contributed by atoms with Crippen LogP contribution in [-0.2, 0) is 14.4 Å². The number of aliphatic hydroxyl groups is 1. The van der Waals surface area contributed by atoms with Crippen molar-refractivity contribution in [1.29, 1.82) is 0 Å².